The summed E-state index contributed by atoms with van der Waals surface area (Å²) in [5.74, 6) is -0.161. The van der Waals surface area contributed by atoms with Gasteiger partial charge in [-0.25, -0.2) is 4.39 Å². The molecule has 1 saturated heterocycles. The first kappa shape index (κ1) is 22.2. The highest BCUT2D eigenvalue weighted by molar-refractivity contribution is 5.95. The number of carbonyl (C=O) groups excluding carboxylic acids is 2. The van der Waals surface area contributed by atoms with Gasteiger partial charge in [-0.15, -0.1) is 0 Å². The van der Waals surface area contributed by atoms with Crippen LogP contribution >= 0.6 is 0 Å². The zero-order chi connectivity index (χ0) is 22.2. The third-order valence-electron chi connectivity index (χ3n) is 7.50. The molecule has 1 aliphatic heterocycles. The van der Waals surface area contributed by atoms with Gasteiger partial charge in [0.25, 0.3) is 5.91 Å². The molecule has 1 aromatic rings. The molecule has 31 heavy (non-hydrogen) atoms. The normalized spacial score (nSPS) is 23.6. The minimum absolute atomic E-state index is 0.0139. The number of piperidine rings is 1. The molecule has 1 aromatic carbocycles. The lowest BCUT2D eigenvalue weighted by molar-refractivity contribution is -0.134. The highest BCUT2D eigenvalue weighted by Crippen LogP contribution is 2.42. The molecule has 6 nitrogen and oxygen atoms in total. The van der Waals surface area contributed by atoms with Gasteiger partial charge in [0.15, 0.2) is 0 Å². The second-order valence-corrected chi connectivity index (χ2v) is 9.93. The zero-order valence-electron chi connectivity index (χ0n) is 18.4. The largest absolute Gasteiger partial charge is 0.383 e. The average molecular weight is 432 g/mol. The molecule has 2 aliphatic carbocycles. The Kier molecular flexibility index (Phi) is 6.10. The number of benzene rings is 1. The maximum absolute atomic E-state index is 13.3. The summed E-state index contributed by atoms with van der Waals surface area (Å²) in [7, 11) is 0. The summed E-state index contributed by atoms with van der Waals surface area (Å²) in [5.41, 5.74) is 4.84. The number of nitrogens with zero attached hydrogens (tertiary/aromatic N) is 2. The van der Waals surface area contributed by atoms with Crippen LogP contribution in [0.1, 0.15) is 67.8 Å². The van der Waals surface area contributed by atoms with E-state index >= 15 is 0 Å². The van der Waals surface area contributed by atoms with E-state index in [9.17, 15) is 19.1 Å². The fourth-order valence-electron chi connectivity index (χ4n) is 5.05. The van der Waals surface area contributed by atoms with Crippen molar-refractivity contribution < 1.29 is 19.1 Å². The molecule has 3 aliphatic rings. The number of alkyl halides is 1. The van der Waals surface area contributed by atoms with Crippen molar-refractivity contribution in [1.29, 1.82) is 0 Å². The summed E-state index contributed by atoms with van der Waals surface area (Å²) in [6, 6.07) is 7.15. The molecular formula is C24H34FN3O3. The summed E-state index contributed by atoms with van der Waals surface area (Å²) in [4.78, 5) is 29.6. The van der Waals surface area contributed by atoms with Gasteiger partial charge < -0.3 is 20.6 Å². The van der Waals surface area contributed by atoms with E-state index in [0.717, 1.165) is 64.6 Å². The van der Waals surface area contributed by atoms with Gasteiger partial charge in [-0.1, -0.05) is 18.6 Å². The number of halogens is 1. The molecule has 7 heteroatoms. The molecule has 3 N–H and O–H groups in total. The van der Waals surface area contributed by atoms with Crippen LogP contribution in [0.25, 0.3) is 0 Å². The lowest BCUT2D eigenvalue weighted by Gasteiger charge is -2.45. The van der Waals surface area contributed by atoms with Gasteiger partial charge >= 0.3 is 0 Å². The Labute approximate surface area is 183 Å². The second kappa shape index (κ2) is 8.51. The number of likely N-dealkylation sites (tertiary alicyclic amines) is 1. The number of hydrogen-bond donors (Lipinski definition) is 2. The number of rotatable bonds is 8. The van der Waals surface area contributed by atoms with Gasteiger partial charge in [0, 0.05) is 37.3 Å². The van der Waals surface area contributed by atoms with Crippen LogP contribution in [0.15, 0.2) is 24.3 Å². The Hall–Kier alpha value is -1.99. The Morgan fingerprint density at radius 3 is 2.19 bits per heavy atom. The maximum atomic E-state index is 13.3. The van der Waals surface area contributed by atoms with Crippen LogP contribution < -0.4 is 5.73 Å². The standard InChI is InChI=1S/C24H34FN3O3/c1-23(31,15-25)18-5-3-17(4-6-18)21(29)28(19-7-8-19)20-9-13-27(14-10-20)16-24(22(26)30)11-2-12-24/h3-6,19-20,31H,2,7-16H2,1H3,(H2,26,30)/t23-/m1/s1. The Bertz CT molecular complexity index is 810. The van der Waals surface area contributed by atoms with Crippen molar-refractivity contribution >= 4 is 11.8 Å². The Morgan fingerprint density at radius 1 is 1.16 bits per heavy atom. The number of hydrogen-bond acceptors (Lipinski definition) is 4. The van der Waals surface area contributed by atoms with E-state index in [0.29, 0.717) is 17.2 Å². The van der Waals surface area contributed by atoms with Crippen molar-refractivity contribution in [3.8, 4) is 0 Å². The molecule has 0 bridgehead atoms. The van der Waals surface area contributed by atoms with Crippen LogP contribution in [0.3, 0.4) is 0 Å². The summed E-state index contributed by atoms with van der Waals surface area (Å²) < 4.78 is 13.1. The van der Waals surface area contributed by atoms with Crippen molar-refractivity contribution in [2.24, 2.45) is 11.1 Å². The van der Waals surface area contributed by atoms with E-state index in [1.165, 1.54) is 6.92 Å². The average Bonchev–Trinajstić information content (AvgIpc) is 3.56. The third kappa shape index (κ3) is 4.48. The van der Waals surface area contributed by atoms with Gasteiger partial charge in [0.05, 0.1) is 5.41 Å². The van der Waals surface area contributed by atoms with Crippen molar-refractivity contribution in [2.45, 2.75) is 69.6 Å². The highest BCUT2D eigenvalue weighted by Gasteiger charge is 2.45. The zero-order valence-corrected chi connectivity index (χ0v) is 18.4. The van der Waals surface area contributed by atoms with Gasteiger partial charge in [0.2, 0.25) is 5.91 Å². The van der Waals surface area contributed by atoms with E-state index in [1.54, 1.807) is 24.3 Å². The predicted octanol–water partition coefficient (Wildman–Crippen LogP) is 2.59. The van der Waals surface area contributed by atoms with Gasteiger partial charge in [-0.05, 0) is 63.1 Å². The predicted molar refractivity (Wildman–Crippen MR) is 116 cm³/mol. The van der Waals surface area contributed by atoms with Gasteiger partial charge in [-0.2, -0.15) is 0 Å². The van der Waals surface area contributed by atoms with Crippen LogP contribution in [0.5, 0.6) is 0 Å². The van der Waals surface area contributed by atoms with Crippen molar-refractivity contribution in [3.05, 3.63) is 35.4 Å². The smallest absolute Gasteiger partial charge is 0.254 e. The third-order valence-corrected chi connectivity index (χ3v) is 7.50. The van der Waals surface area contributed by atoms with Crippen molar-refractivity contribution in [3.63, 3.8) is 0 Å². The fourth-order valence-corrected chi connectivity index (χ4v) is 5.05. The van der Waals surface area contributed by atoms with Crippen molar-refractivity contribution in [2.75, 3.05) is 26.3 Å². The lowest BCUT2D eigenvalue weighted by Crippen LogP contribution is -2.54. The highest BCUT2D eigenvalue weighted by atomic mass is 19.1. The Balaban J connectivity index is 1.40. The quantitative estimate of drug-likeness (QED) is 0.662. The summed E-state index contributed by atoms with van der Waals surface area (Å²) in [6.07, 6.45) is 6.71. The summed E-state index contributed by atoms with van der Waals surface area (Å²) in [5, 5.41) is 10.1. The lowest BCUT2D eigenvalue weighted by atomic mass is 9.67. The molecule has 3 fully saturated rings. The molecule has 0 unspecified atom stereocenters. The summed E-state index contributed by atoms with van der Waals surface area (Å²) >= 11 is 0. The number of primary amides is 1. The van der Waals surface area contributed by atoms with Crippen LogP contribution in [-0.4, -0.2) is 65.1 Å². The van der Waals surface area contributed by atoms with E-state index in [1.807, 2.05) is 4.90 Å². The molecule has 1 heterocycles. The molecule has 0 aromatic heterocycles. The fraction of sp³-hybridized carbons (Fsp3) is 0.667. The molecule has 2 saturated carbocycles. The molecule has 170 valence electrons. The monoisotopic (exact) mass is 431 g/mol. The SMILES string of the molecule is C[C@@](O)(CF)c1ccc(C(=O)N(C2CC2)C2CCN(CC3(C(N)=O)CCC3)CC2)cc1. The van der Waals surface area contributed by atoms with Gasteiger partial charge in [0.1, 0.15) is 12.3 Å². The first-order chi connectivity index (χ1) is 14.8. The molecule has 4 rings (SSSR count). The molecular weight excluding hydrogens is 397 g/mol. The number of nitrogens with two attached hydrogens (primary N) is 1. The van der Waals surface area contributed by atoms with Gasteiger partial charge in [-0.3, -0.25) is 9.59 Å². The maximum Gasteiger partial charge on any atom is 0.254 e. The first-order valence-corrected chi connectivity index (χ1v) is 11.5. The van der Waals surface area contributed by atoms with E-state index < -0.39 is 12.3 Å². The number of amides is 2. The molecule has 1 atom stereocenters. The molecule has 2 amide bonds. The van der Waals surface area contributed by atoms with Crippen LogP contribution in [0, 0.1) is 5.41 Å². The van der Waals surface area contributed by atoms with E-state index in [4.69, 9.17) is 5.73 Å². The van der Waals surface area contributed by atoms with E-state index in [2.05, 4.69) is 4.90 Å². The number of aliphatic hydroxyl groups is 1. The van der Waals surface area contributed by atoms with Crippen LogP contribution in [-0.2, 0) is 10.4 Å². The van der Waals surface area contributed by atoms with Crippen LogP contribution in [0.2, 0.25) is 0 Å². The summed E-state index contributed by atoms with van der Waals surface area (Å²) in [6.45, 7) is 3.04. The molecule has 0 radical (unpaired) electrons. The first-order valence-electron chi connectivity index (χ1n) is 11.5. The Morgan fingerprint density at radius 2 is 1.74 bits per heavy atom. The second-order valence-electron chi connectivity index (χ2n) is 9.93. The minimum Gasteiger partial charge on any atom is -0.383 e. The van der Waals surface area contributed by atoms with Crippen LogP contribution in [0.4, 0.5) is 4.39 Å². The topological polar surface area (TPSA) is 86.9 Å². The molecule has 0 spiro atoms. The number of carbonyl (C=O) groups is 2. The van der Waals surface area contributed by atoms with Crippen molar-refractivity contribution in [1.82, 2.24) is 9.80 Å². The van der Waals surface area contributed by atoms with E-state index in [-0.39, 0.29) is 23.3 Å². The minimum atomic E-state index is -1.53.